The number of hydrogen-bond acceptors (Lipinski definition) is 3. The summed E-state index contributed by atoms with van der Waals surface area (Å²) in [5.41, 5.74) is -1.96. The van der Waals surface area contributed by atoms with Crippen molar-refractivity contribution in [1.29, 1.82) is 0 Å². The molecule has 0 atom stereocenters. The summed E-state index contributed by atoms with van der Waals surface area (Å²) in [6.07, 6.45) is -15.7. The van der Waals surface area contributed by atoms with E-state index in [1.807, 2.05) is 0 Å². The fourth-order valence-electron chi connectivity index (χ4n) is 2.58. The number of alkyl halides is 9. The van der Waals surface area contributed by atoms with Crippen molar-refractivity contribution in [3.63, 3.8) is 0 Å². The molecule has 0 fully saturated rings. The number of nitrogens with two attached hydrogens (primary N) is 1. The highest BCUT2D eigenvalue weighted by Crippen LogP contribution is 2.41. The molecule has 2 heterocycles. The number of pyridine rings is 1. The van der Waals surface area contributed by atoms with Crippen molar-refractivity contribution in [2.75, 3.05) is 5.73 Å². The third-order valence-corrected chi connectivity index (χ3v) is 4.09. The van der Waals surface area contributed by atoms with Crippen LogP contribution in [-0.2, 0) is 18.5 Å². The Bertz CT molecular complexity index is 1120. The molecule has 4 nitrogen and oxygen atoms in total. The first-order chi connectivity index (χ1) is 13.5. The van der Waals surface area contributed by atoms with Crippen molar-refractivity contribution in [2.24, 2.45) is 0 Å². The number of benzene rings is 1. The molecule has 0 saturated heterocycles. The second-order valence-corrected chi connectivity index (χ2v) is 6.24. The topological polar surface area (TPSA) is 56.7 Å². The van der Waals surface area contributed by atoms with Crippen molar-refractivity contribution < 1.29 is 43.9 Å². The van der Waals surface area contributed by atoms with E-state index in [9.17, 15) is 43.9 Å². The van der Waals surface area contributed by atoms with Crippen LogP contribution in [0, 0.1) is 5.82 Å². The lowest BCUT2D eigenvalue weighted by Crippen LogP contribution is -2.15. The Hall–Kier alpha value is -2.77. The van der Waals surface area contributed by atoms with Crippen molar-refractivity contribution in [1.82, 2.24) is 14.8 Å². The molecule has 1 aromatic carbocycles. The minimum Gasteiger partial charge on any atom is -0.383 e. The number of rotatable bonds is 1. The summed E-state index contributed by atoms with van der Waals surface area (Å²) in [6, 6.07) is 0.375. The Balaban J connectivity index is 2.37. The number of aromatic nitrogens is 3. The Kier molecular flexibility index (Phi) is 4.84. The average molecular weight is 467 g/mol. The average Bonchev–Trinajstić information content (AvgIpc) is 2.87. The number of nitrogens with zero attached hydrogens (tertiary/aromatic N) is 3. The van der Waals surface area contributed by atoms with Crippen LogP contribution in [0.2, 0.25) is 5.02 Å². The van der Waals surface area contributed by atoms with E-state index in [2.05, 4.69) is 10.1 Å². The van der Waals surface area contributed by atoms with Crippen LogP contribution in [0.4, 0.5) is 49.7 Å². The lowest BCUT2D eigenvalue weighted by atomic mass is 10.1. The molecule has 0 unspecified atom stereocenters. The van der Waals surface area contributed by atoms with E-state index in [0.29, 0.717) is 0 Å². The van der Waals surface area contributed by atoms with Crippen LogP contribution in [0.3, 0.4) is 0 Å². The number of fused-ring (bicyclic) bond motifs is 1. The van der Waals surface area contributed by atoms with Gasteiger partial charge < -0.3 is 5.73 Å². The second kappa shape index (κ2) is 6.62. The first-order valence-electron chi connectivity index (χ1n) is 7.42. The van der Waals surface area contributed by atoms with Gasteiger partial charge >= 0.3 is 18.5 Å². The zero-order valence-electron chi connectivity index (χ0n) is 13.8. The van der Waals surface area contributed by atoms with Gasteiger partial charge in [-0.1, -0.05) is 11.6 Å². The molecule has 0 saturated carbocycles. The molecule has 0 aliphatic rings. The number of halogens is 11. The largest absolute Gasteiger partial charge is 0.434 e. The molecule has 0 amide bonds. The summed E-state index contributed by atoms with van der Waals surface area (Å²) >= 11 is 5.63. The lowest BCUT2D eigenvalue weighted by molar-refractivity contribution is -0.149. The predicted molar refractivity (Wildman–Crippen MR) is 83.3 cm³/mol. The molecule has 3 rings (SSSR count). The monoisotopic (exact) mass is 466 g/mol. The minimum atomic E-state index is -5.41. The van der Waals surface area contributed by atoms with Gasteiger partial charge in [-0.25, -0.2) is 14.1 Å². The first-order valence-corrected chi connectivity index (χ1v) is 7.80. The maximum Gasteiger partial charge on any atom is 0.434 e. The quantitative estimate of drug-likeness (QED) is 0.458. The van der Waals surface area contributed by atoms with Gasteiger partial charge in [-0.2, -0.15) is 44.6 Å². The van der Waals surface area contributed by atoms with Crippen molar-refractivity contribution >= 4 is 28.3 Å². The van der Waals surface area contributed by atoms with E-state index < -0.39 is 68.7 Å². The van der Waals surface area contributed by atoms with Crippen LogP contribution in [0.15, 0.2) is 18.2 Å². The maximum atomic E-state index is 14.3. The fourth-order valence-corrected chi connectivity index (χ4v) is 2.87. The summed E-state index contributed by atoms with van der Waals surface area (Å²) < 4.78 is 131. The van der Waals surface area contributed by atoms with E-state index in [4.69, 9.17) is 17.3 Å². The lowest BCUT2D eigenvalue weighted by Gasteiger charge is -2.13. The molecule has 0 aliphatic heterocycles. The van der Waals surface area contributed by atoms with E-state index >= 15 is 0 Å². The third kappa shape index (κ3) is 3.70. The van der Waals surface area contributed by atoms with Crippen LogP contribution in [0.5, 0.6) is 0 Å². The Morgan fingerprint density at radius 2 is 1.47 bits per heavy atom. The summed E-state index contributed by atoms with van der Waals surface area (Å²) in [5, 5.41) is 1.34. The van der Waals surface area contributed by atoms with Gasteiger partial charge in [0.2, 0.25) is 0 Å². The van der Waals surface area contributed by atoms with Crippen molar-refractivity contribution in [3.05, 3.63) is 46.0 Å². The molecule has 0 aliphatic carbocycles. The van der Waals surface area contributed by atoms with Crippen LogP contribution >= 0.6 is 11.6 Å². The normalized spacial score (nSPS) is 13.3. The summed E-state index contributed by atoms with van der Waals surface area (Å²) in [4.78, 5) is 2.54. The zero-order valence-corrected chi connectivity index (χ0v) is 14.6. The van der Waals surface area contributed by atoms with Crippen molar-refractivity contribution in [2.45, 2.75) is 18.5 Å². The smallest absolute Gasteiger partial charge is 0.383 e. The molecule has 15 heteroatoms. The molecule has 0 spiro atoms. The summed E-state index contributed by atoms with van der Waals surface area (Å²) in [5.74, 6) is -2.70. The predicted octanol–water partition coefficient (Wildman–Crippen LogP) is 5.85. The van der Waals surface area contributed by atoms with E-state index in [-0.39, 0.29) is 22.9 Å². The Labute approximate surface area is 163 Å². The third-order valence-electron chi connectivity index (χ3n) is 3.81. The van der Waals surface area contributed by atoms with Gasteiger partial charge in [0.25, 0.3) is 0 Å². The molecule has 0 radical (unpaired) electrons. The molecular formula is C15H5ClF10N4. The van der Waals surface area contributed by atoms with Gasteiger partial charge in [-0.05, 0) is 18.2 Å². The van der Waals surface area contributed by atoms with E-state index in [1.165, 1.54) is 0 Å². The molecule has 3 aromatic rings. The van der Waals surface area contributed by atoms with Gasteiger partial charge in [0.15, 0.2) is 11.5 Å². The Morgan fingerprint density at radius 1 is 0.867 bits per heavy atom. The van der Waals surface area contributed by atoms with Crippen LogP contribution < -0.4 is 5.73 Å². The second-order valence-electron chi connectivity index (χ2n) is 5.83. The van der Waals surface area contributed by atoms with Crippen LogP contribution in [0.25, 0.3) is 16.6 Å². The van der Waals surface area contributed by atoms with Crippen LogP contribution in [0.1, 0.15) is 17.0 Å². The number of anilines is 1. The molecule has 2 N–H and O–H groups in total. The highest BCUT2D eigenvalue weighted by atomic mass is 35.5. The van der Waals surface area contributed by atoms with Crippen molar-refractivity contribution in [3.8, 4) is 5.69 Å². The zero-order chi connectivity index (χ0) is 22.8. The summed E-state index contributed by atoms with van der Waals surface area (Å²) in [7, 11) is 0. The van der Waals surface area contributed by atoms with Gasteiger partial charge in [0.1, 0.15) is 17.2 Å². The molecule has 162 valence electrons. The van der Waals surface area contributed by atoms with E-state index in [1.54, 1.807) is 0 Å². The van der Waals surface area contributed by atoms with Gasteiger partial charge in [-0.3, -0.25) is 0 Å². The Morgan fingerprint density at radius 3 is 1.93 bits per heavy atom. The highest BCUT2D eigenvalue weighted by Gasteiger charge is 2.42. The SMILES string of the molecule is Nc1c2c(C(F)(F)F)nc(C(F)(F)F)cc2nn1-c1c(F)cc(C(F)(F)F)cc1Cl. The molecule has 30 heavy (non-hydrogen) atoms. The van der Waals surface area contributed by atoms with Crippen LogP contribution in [-0.4, -0.2) is 14.8 Å². The standard InChI is InChI=1S/C15H5ClF10N4/c16-5-1-4(13(18,19)20)2-6(17)10(5)30-12(27)9-7(29-30)3-8(14(21,22)23)28-11(9)15(24,25)26/h1-3H,27H2. The molecular weight excluding hydrogens is 462 g/mol. The fraction of sp³-hybridized carbons (Fsp3) is 0.200. The van der Waals surface area contributed by atoms with Gasteiger partial charge in [0, 0.05) is 0 Å². The first kappa shape index (κ1) is 21.9. The van der Waals surface area contributed by atoms with E-state index in [0.717, 1.165) is 0 Å². The highest BCUT2D eigenvalue weighted by molar-refractivity contribution is 6.32. The van der Waals surface area contributed by atoms with Gasteiger partial charge in [-0.15, -0.1) is 0 Å². The molecule has 0 bridgehead atoms. The molecule has 2 aromatic heterocycles. The minimum absolute atomic E-state index is 0.0168. The number of nitrogen functional groups attached to an aromatic ring is 1. The number of hydrogen-bond donors (Lipinski definition) is 1. The van der Waals surface area contributed by atoms with Gasteiger partial charge in [0.05, 0.1) is 21.5 Å². The maximum absolute atomic E-state index is 14.3. The summed E-state index contributed by atoms with van der Waals surface area (Å²) in [6.45, 7) is 0.